The summed E-state index contributed by atoms with van der Waals surface area (Å²) in [6.07, 6.45) is 8.13. The average molecular weight is 212 g/mol. The van der Waals surface area contributed by atoms with E-state index in [1.165, 1.54) is 64.7 Å². The van der Waals surface area contributed by atoms with Gasteiger partial charge < -0.3 is 10.2 Å². The highest BCUT2D eigenvalue weighted by atomic mass is 15.1. The maximum atomic E-state index is 3.63. The van der Waals surface area contributed by atoms with Crippen LogP contribution in [-0.2, 0) is 0 Å². The third-order valence-corrected chi connectivity index (χ3v) is 3.29. The fourth-order valence-electron chi connectivity index (χ4n) is 2.48. The molecule has 1 atom stereocenters. The molecule has 0 amide bonds. The first-order valence-electron chi connectivity index (χ1n) is 6.82. The summed E-state index contributed by atoms with van der Waals surface area (Å²) in [5.74, 6) is 0. The monoisotopic (exact) mass is 212 g/mol. The SMILES string of the molecule is CCCN(CCC)CC[C@H]1CCCCN1. The van der Waals surface area contributed by atoms with Gasteiger partial charge in [-0.1, -0.05) is 20.3 Å². The van der Waals surface area contributed by atoms with Crippen LogP contribution in [-0.4, -0.2) is 37.1 Å². The minimum absolute atomic E-state index is 0.801. The fraction of sp³-hybridized carbons (Fsp3) is 1.00. The Morgan fingerprint density at radius 1 is 1.07 bits per heavy atom. The van der Waals surface area contributed by atoms with E-state index >= 15 is 0 Å². The summed E-state index contributed by atoms with van der Waals surface area (Å²) in [4.78, 5) is 2.62. The largest absolute Gasteiger partial charge is 0.314 e. The first kappa shape index (κ1) is 13.0. The number of rotatable bonds is 7. The van der Waals surface area contributed by atoms with Gasteiger partial charge in [-0.05, 0) is 58.3 Å². The van der Waals surface area contributed by atoms with Gasteiger partial charge in [0.1, 0.15) is 0 Å². The Kier molecular flexibility index (Phi) is 7.03. The summed E-state index contributed by atoms with van der Waals surface area (Å²) in [5, 5.41) is 3.63. The normalized spacial score (nSPS) is 22.2. The standard InChI is InChI=1S/C13H28N2/c1-3-10-15(11-4-2)12-8-13-7-5-6-9-14-13/h13-14H,3-12H2,1-2H3/t13-/m1/s1. The zero-order valence-electron chi connectivity index (χ0n) is 10.6. The van der Waals surface area contributed by atoms with Crippen molar-refractivity contribution in [1.29, 1.82) is 0 Å². The molecule has 0 aromatic heterocycles. The predicted octanol–water partition coefficient (Wildman–Crippen LogP) is 2.64. The van der Waals surface area contributed by atoms with Crippen LogP contribution in [0.4, 0.5) is 0 Å². The number of piperidine rings is 1. The van der Waals surface area contributed by atoms with E-state index in [4.69, 9.17) is 0 Å². The van der Waals surface area contributed by atoms with Crippen molar-refractivity contribution in [1.82, 2.24) is 10.2 Å². The van der Waals surface area contributed by atoms with Crippen molar-refractivity contribution in [3.8, 4) is 0 Å². The highest BCUT2D eigenvalue weighted by Crippen LogP contribution is 2.10. The molecule has 15 heavy (non-hydrogen) atoms. The summed E-state index contributed by atoms with van der Waals surface area (Å²) >= 11 is 0. The molecule has 0 unspecified atom stereocenters. The van der Waals surface area contributed by atoms with Gasteiger partial charge in [-0.15, -0.1) is 0 Å². The van der Waals surface area contributed by atoms with E-state index in [1.54, 1.807) is 0 Å². The van der Waals surface area contributed by atoms with Crippen molar-refractivity contribution in [2.45, 2.75) is 58.4 Å². The molecule has 0 bridgehead atoms. The smallest absolute Gasteiger partial charge is 0.00792 e. The number of hydrogen-bond donors (Lipinski definition) is 1. The van der Waals surface area contributed by atoms with E-state index in [0.29, 0.717) is 0 Å². The molecule has 1 fully saturated rings. The van der Waals surface area contributed by atoms with Gasteiger partial charge in [-0.2, -0.15) is 0 Å². The molecule has 0 spiro atoms. The molecule has 0 aromatic carbocycles. The summed E-state index contributed by atoms with van der Waals surface area (Å²) in [5.41, 5.74) is 0. The zero-order chi connectivity index (χ0) is 10.9. The summed E-state index contributed by atoms with van der Waals surface area (Å²) in [6, 6.07) is 0.801. The van der Waals surface area contributed by atoms with E-state index in [2.05, 4.69) is 24.1 Å². The van der Waals surface area contributed by atoms with Crippen LogP contribution < -0.4 is 5.32 Å². The molecule has 2 heteroatoms. The Hall–Kier alpha value is -0.0800. The molecule has 1 heterocycles. The molecule has 90 valence electrons. The second-order valence-electron chi connectivity index (χ2n) is 4.78. The Bertz CT molecular complexity index is 135. The minimum atomic E-state index is 0.801. The lowest BCUT2D eigenvalue weighted by atomic mass is 10.0. The van der Waals surface area contributed by atoms with Gasteiger partial charge in [0, 0.05) is 6.04 Å². The Labute approximate surface area is 95.4 Å². The van der Waals surface area contributed by atoms with Gasteiger partial charge in [-0.3, -0.25) is 0 Å². The molecule has 1 N–H and O–H groups in total. The molecular weight excluding hydrogens is 184 g/mol. The third-order valence-electron chi connectivity index (χ3n) is 3.29. The number of nitrogens with one attached hydrogen (secondary N) is 1. The Morgan fingerprint density at radius 2 is 1.80 bits per heavy atom. The van der Waals surface area contributed by atoms with E-state index in [9.17, 15) is 0 Å². The van der Waals surface area contributed by atoms with Crippen LogP contribution in [0.1, 0.15) is 52.4 Å². The molecular formula is C13H28N2. The minimum Gasteiger partial charge on any atom is -0.314 e. The van der Waals surface area contributed by atoms with Crippen LogP contribution in [0, 0.1) is 0 Å². The molecule has 1 saturated heterocycles. The van der Waals surface area contributed by atoms with Crippen molar-refractivity contribution in [2.75, 3.05) is 26.2 Å². The molecule has 2 nitrogen and oxygen atoms in total. The van der Waals surface area contributed by atoms with Gasteiger partial charge >= 0.3 is 0 Å². The van der Waals surface area contributed by atoms with Crippen LogP contribution >= 0.6 is 0 Å². The van der Waals surface area contributed by atoms with E-state index < -0.39 is 0 Å². The summed E-state index contributed by atoms with van der Waals surface area (Å²) in [6.45, 7) is 9.65. The molecule has 0 saturated carbocycles. The van der Waals surface area contributed by atoms with Crippen molar-refractivity contribution in [3.63, 3.8) is 0 Å². The van der Waals surface area contributed by atoms with Gasteiger partial charge in [0.15, 0.2) is 0 Å². The van der Waals surface area contributed by atoms with Crippen molar-refractivity contribution < 1.29 is 0 Å². The zero-order valence-corrected chi connectivity index (χ0v) is 10.6. The fourth-order valence-corrected chi connectivity index (χ4v) is 2.48. The van der Waals surface area contributed by atoms with E-state index in [-0.39, 0.29) is 0 Å². The number of hydrogen-bond acceptors (Lipinski definition) is 2. The number of nitrogens with zero attached hydrogens (tertiary/aromatic N) is 1. The second-order valence-corrected chi connectivity index (χ2v) is 4.78. The molecule has 1 rings (SSSR count). The van der Waals surface area contributed by atoms with Crippen molar-refractivity contribution >= 4 is 0 Å². The highest BCUT2D eigenvalue weighted by molar-refractivity contribution is 4.73. The third kappa shape index (κ3) is 5.53. The maximum absolute atomic E-state index is 3.63. The van der Waals surface area contributed by atoms with Gasteiger partial charge in [0.05, 0.1) is 0 Å². The Morgan fingerprint density at radius 3 is 2.33 bits per heavy atom. The van der Waals surface area contributed by atoms with Crippen LogP contribution in [0.2, 0.25) is 0 Å². The van der Waals surface area contributed by atoms with Crippen LogP contribution in [0.5, 0.6) is 0 Å². The van der Waals surface area contributed by atoms with Crippen molar-refractivity contribution in [2.24, 2.45) is 0 Å². The maximum Gasteiger partial charge on any atom is 0.00792 e. The lowest BCUT2D eigenvalue weighted by Crippen LogP contribution is -2.37. The van der Waals surface area contributed by atoms with Crippen LogP contribution in [0.25, 0.3) is 0 Å². The quantitative estimate of drug-likeness (QED) is 0.698. The molecule has 0 radical (unpaired) electrons. The second kappa shape index (κ2) is 8.12. The van der Waals surface area contributed by atoms with Crippen LogP contribution in [0.15, 0.2) is 0 Å². The van der Waals surface area contributed by atoms with Crippen LogP contribution in [0.3, 0.4) is 0 Å². The molecule has 0 aliphatic carbocycles. The van der Waals surface area contributed by atoms with E-state index in [0.717, 1.165) is 6.04 Å². The lowest BCUT2D eigenvalue weighted by molar-refractivity contribution is 0.247. The first-order chi connectivity index (χ1) is 7.36. The Balaban J connectivity index is 2.13. The first-order valence-corrected chi connectivity index (χ1v) is 6.82. The molecule has 1 aliphatic heterocycles. The topological polar surface area (TPSA) is 15.3 Å². The lowest BCUT2D eigenvalue weighted by Gasteiger charge is -2.27. The molecule has 0 aromatic rings. The molecule has 1 aliphatic rings. The summed E-state index contributed by atoms with van der Waals surface area (Å²) in [7, 11) is 0. The van der Waals surface area contributed by atoms with Gasteiger partial charge in [-0.25, -0.2) is 0 Å². The summed E-state index contributed by atoms with van der Waals surface area (Å²) < 4.78 is 0. The van der Waals surface area contributed by atoms with E-state index in [1.807, 2.05) is 0 Å². The van der Waals surface area contributed by atoms with Crippen molar-refractivity contribution in [3.05, 3.63) is 0 Å². The van der Waals surface area contributed by atoms with Gasteiger partial charge in [0.2, 0.25) is 0 Å². The predicted molar refractivity (Wildman–Crippen MR) is 67.3 cm³/mol. The highest BCUT2D eigenvalue weighted by Gasteiger charge is 2.13. The average Bonchev–Trinajstić information content (AvgIpc) is 2.28. The van der Waals surface area contributed by atoms with Gasteiger partial charge in [0.25, 0.3) is 0 Å².